The van der Waals surface area contributed by atoms with E-state index >= 15 is 0 Å². The van der Waals surface area contributed by atoms with Gasteiger partial charge in [-0.3, -0.25) is 9.59 Å². The molecule has 0 aromatic carbocycles. The number of rotatable bonds is 13. The van der Waals surface area contributed by atoms with Gasteiger partial charge in [0, 0.05) is 19.4 Å². The topological polar surface area (TPSA) is 75.6 Å². The number of nitrogens with one attached hydrogen (secondary N) is 1. The molecule has 0 rings (SSSR count). The fourth-order valence-electron chi connectivity index (χ4n) is 2.01. The molecular weight excluding hydrogens is 284 g/mol. The number of carbonyl (C=O) groups excluding carboxylic acids is 1. The second-order valence-corrected chi connectivity index (χ2v) is 4.94. The molecule has 0 spiro atoms. The molecule has 0 bridgehead atoms. The SMILES string of the molecule is CCCC(CCNC(=O)CCOCC(F)F)CCC(=O)O. The number of hydrogen-bond donors (Lipinski definition) is 2. The first-order valence-electron chi connectivity index (χ1n) is 7.30. The maximum atomic E-state index is 11.8. The van der Waals surface area contributed by atoms with Crippen LogP contribution in [0.3, 0.4) is 0 Å². The van der Waals surface area contributed by atoms with Crippen molar-refractivity contribution in [1.82, 2.24) is 5.32 Å². The highest BCUT2D eigenvalue weighted by Crippen LogP contribution is 2.17. The van der Waals surface area contributed by atoms with Crippen molar-refractivity contribution >= 4 is 11.9 Å². The molecule has 0 fully saturated rings. The lowest BCUT2D eigenvalue weighted by molar-refractivity contribution is -0.137. The van der Waals surface area contributed by atoms with Crippen LogP contribution in [0.5, 0.6) is 0 Å². The summed E-state index contributed by atoms with van der Waals surface area (Å²) in [6.07, 6.45) is 0.916. The third-order valence-electron chi connectivity index (χ3n) is 3.06. The van der Waals surface area contributed by atoms with Crippen LogP contribution >= 0.6 is 0 Å². The highest BCUT2D eigenvalue weighted by atomic mass is 19.3. The first kappa shape index (κ1) is 19.8. The molecule has 0 aromatic rings. The molecule has 1 unspecified atom stereocenters. The van der Waals surface area contributed by atoms with Gasteiger partial charge in [0.15, 0.2) is 0 Å². The van der Waals surface area contributed by atoms with Crippen LogP contribution in [0.2, 0.25) is 0 Å². The predicted molar refractivity (Wildman–Crippen MR) is 74.3 cm³/mol. The van der Waals surface area contributed by atoms with E-state index in [9.17, 15) is 18.4 Å². The van der Waals surface area contributed by atoms with Crippen molar-refractivity contribution in [3.8, 4) is 0 Å². The Morgan fingerprint density at radius 3 is 2.48 bits per heavy atom. The van der Waals surface area contributed by atoms with Gasteiger partial charge >= 0.3 is 5.97 Å². The predicted octanol–water partition coefficient (Wildman–Crippen LogP) is 2.45. The summed E-state index contributed by atoms with van der Waals surface area (Å²) in [7, 11) is 0. The van der Waals surface area contributed by atoms with Crippen molar-refractivity contribution in [3.63, 3.8) is 0 Å². The summed E-state index contributed by atoms with van der Waals surface area (Å²) in [5.41, 5.74) is 0. The van der Waals surface area contributed by atoms with Gasteiger partial charge in [-0.05, 0) is 18.8 Å². The van der Waals surface area contributed by atoms with E-state index in [1.807, 2.05) is 6.92 Å². The minimum absolute atomic E-state index is 0.0203. The van der Waals surface area contributed by atoms with E-state index in [2.05, 4.69) is 10.1 Å². The maximum absolute atomic E-state index is 11.8. The number of amides is 1. The standard InChI is InChI=1S/C14H25F2NO4/c1-2-3-11(4-5-14(19)20)6-8-17-13(18)7-9-21-10-12(15)16/h11-12H,2-10H2,1H3,(H,17,18)(H,19,20). The number of halogens is 2. The van der Waals surface area contributed by atoms with Gasteiger partial charge in [0.05, 0.1) is 6.61 Å². The number of carbonyl (C=O) groups is 2. The molecule has 0 aliphatic rings. The maximum Gasteiger partial charge on any atom is 0.303 e. The van der Waals surface area contributed by atoms with Crippen molar-refractivity contribution in [3.05, 3.63) is 0 Å². The van der Waals surface area contributed by atoms with Gasteiger partial charge in [-0.15, -0.1) is 0 Å². The third kappa shape index (κ3) is 13.5. The zero-order valence-electron chi connectivity index (χ0n) is 12.4. The van der Waals surface area contributed by atoms with E-state index in [1.54, 1.807) is 0 Å². The Balaban J connectivity index is 3.71. The van der Waals surface area contributed by atoms with Gasteiger partial charge in [-0.25, -0.2) is 8.78 Å². The number of ether oxygens (including phenoxy) is 1. The molecule has 21 heavy (non-hydrogen) atoms. The molecule has 0 heterocycles. The average molecular weight is 309 g/mol. The number of carboxylic acids is 1. The van der Waals surface area contributed by atoms with Crippen molar-refractivity contribution in [1.29, 1.82) is 0 Å². The Morgan fingerprint density at radius 2 is 1.90 bits per heavy atom. The largest absolute Gasteiger partial charge is 0.481 e. The summed E-state index contributed by atoms with van der Waals surface area (Å²) in [5.74, 6) is -0.768. The van der Waals surface area contributed by atoms with Gasteiger partial charge in [0.2, 0.25) is 5.91 Å². The Labute approximate surface area is 124 Å². The van der Waals surface area contributed by atoms with Crippen LogP contribution in [-0.2, 0) is 14.3 Å². The van der Waals surface area contributed by atoms with E-state index in [4.69, 9.17) is 5.11 Å². The van der Waals surface area contributed by atoms with Crippen LogP contribution in [0.4, 0.5) is 8.78 Å². The van der Waals surface area contributed by atoms with Gasteiger partial charge in [-0.1, -0.05) is 19.8 Å². The molecule has 7 heteroatoms. The fourth-order valence-corrected chi connectivity index (χ4v) is 2.01. The molecule has 1 atom stereocenters. The summed E-state index contributed by atoms with van der Waals surface area (Å²) in [6, 6.07) is 0. The highest BCUT2D eigenvalue weighted by Gasteiger charge is 2.11. The second kappa shape index (κ2) is 12.5. The van der Waals surface area contributed by atoms with Crippen LogP contribution in [0, 0.1) is 5.92 Å². The Morgan fingerprint density at radius 1 is 1.19 bits per heavy atom. The monoisotopic (exact) mass is 309 g/mol. The molecule has 124 valence electrons. The molecule has 1 amide bonds. The summed E-state index contributed by atoms with van der Waals surface area (Å²) in [4.78, 5) is 22.0. The number of hydrogen-bond acceptors (Lipinski definition) is 3. The van der Waals surface area contributed by atoms with Crippen molar-refractivity contribution in [2.24, 2.45) is 5.92 Å². The quantitative estimate of drug-likeness (QED) is 0.512. The van der Waals surface area contributed by atoms with Crippen LogP contribution in [-0.4, -0.2) is 43.2 Å². The van der Waals surface area contributed by atoms with E-state index < -0.39 is 19.0 Å². The molecule has 0 radical (unpaired) electrons. The van der Waals surface area contributed by atoms with Gasteiger partial charge in [0.1, 0.15) is 6.61 Å². The first-order chi connectivity index (χ1) is 9.95. The van der Waals surface area contributed by atoms with Crippen LogP contribution in [0.1, 0.15) is 45.4 Å². The van der Waals surface area contributed by atoms with Gasteiger partial charge in [-0.2, -0.15) is 0 Å². The Bertz CT molecular complexity index is 301. The zero-order chi connectivity index (χ0) is 16.1. The number of carboxylic acid groups (broad SMARTS) is 1. The lowest BCUT2D eigenvalue weighted by Crippen LogP contribution is -2.27. The second-order valence-electron chi connectivity index (χ2n) is 4.94. The summed E-state index contributed by atoms with van der Waals surface area (Å²) in [6.45, 7) is 1.83. The van der Waals surface area contributed by atoms with Crippen molar-refractivity contribution in [2.45, 2.75) is 51.9 Å². The van der Waals surface area contributed by atoms with Crippen LogP contribution in [0.25, 0.3) is 0 Å². The normalized spacial score (nSPS) is 12.4. The molecule has 5 nitrogen and oxygen atoms in total. The van der Waals surface area contributed by atoms with E-state index in [-0.39, 0.29) is 31.3 Å². The number of aliphatic carboxylic acids is 1. The van der Waals surface area contributed by atoms with E-state index in [1.165, 1.54) is 0 Å². The smallest absolute Gasteiger partial charge is 0.303 e. The Kier molecular flexibility index (Phi) is 11.8. The highest BCUT2D eigenvalue weighted by molar-refractivity contribution is 5.75. The Hall–Kier alpha value is -1.24. The van der Waals surface area contributed by atoms with Gasteiger partial charge < -0.3 is 15.2 Å². The molecule has 0 aliphatic heterocycles. The van der Waals surface area contributed by atoms with Crippen LogP contribution < -0.4 is 5.32 Å². The molecule has 2 N–H and O–H groups in total. The van der Waals surface area contributed by atoms with E-state index in [0.717, 1.165) is 19.3 Å². The number of alkyl halides is 2. The lowest BCUT2D eigenvalue weighted by atomic mass is 9.94. The molecular formula is C14H25F2NO4. The lowest BCUT2D eigenvalue weighted by Gasteiger charge is -2.15. The molecule has 0 aromatic heterocycles. The molecule has 0 saturated carbocycles. The average Bonchev–Trinajstić information content (AvgIpc) is 2.40. The summed E-state index contributed by atoms with van der Waals surface area (Å²) in [5, 5.41) is 11.4. The van der Waals surface area contributed by atoms with Crippen molar-refractivity contribution < 1.29 is 28.2 Å². The summed E-state index contributed by atoms with van der Waals surface area (Å²) >= 11 is 0. The summed E-state index contributed by atoms with van der Waals surface area (Å²) < 4.78 is 28.2. The van der Waals surface area contributed by atoms with E-state index in [0.29, 0.717) is 13.0 Å². The zero-order valence-corrected chi connectivity index (χ0v) is 12.4. The first-order valence-corrected chi connectivity index (χ1v) is 7.30. The minimum Gasteiger partial charge on any atom is -0.481 e. The van der Waals surface area contributed by atoms with Crippen LogP contribution in [0.15, 0.2) is 0 Å². The fraction of sp³-hybridized carbons (Fsp3) is 0.857. The van der Waals surface area contributed by atoms with Crippen molar-refractivity contribution in [2.75, 3.05) is 19.8 Å². The third-order valence-corrected chi connectivity index (χ3v) is 3.06. The molecule has 0 aliphatic carbocycles. The molecule has 0 saturated heterocycles. The minimum atomic E-state index is -2.52. The van der Waals surface area contributed by atoms with Gasteiger partial charge in [0.25, 0.3) is 6.43 Å².